The molecule has 2 heteroatoms. The van der Waals surface area contributed by atoms with E-state index in [0.717, 1.165) is 36.8 Å². The van der Waals surface area contributed by atoms with Crippen LogP contribution in [0.25, 0.3) is 0 Å². The van der Waals surface area contributed by atoms with E-state index >= 15 is 0 Å². The Morgan fingerprint density at radius 2 is 0.921 bits per heavy atom. The predicted molar refractivity (Wildman–Crippen MR) is 166 cm³/mol. The van der Waals surface area contributed by atoms with Gasteiger partial charge in [-0.2, -0.15) is 0 Å². The van der Waals surface area contributed by atoms with Gasteiger partial charge in [-0.05, 0) is 114 Å². The van der Waals surface area contributed by atoms with Crippen LogP contribution in [0.15, 0.2) is 24.3 Å². The fourth-order valence-corrected chi connectivity index (χ4v) is 6.20. The summed E-state index contributed by atoms with van der Waals surface area (Å²) >= 11 is 0. The Hall–Kier alpha value is -1.96. The summed E-state index contributed by atoms with van der Waals surface area (Å²) in [5.41, 5.74) is 7.60. The summed E-state index contributed by atoms with van der Waals surface area (Å²) in [7, 11) is 0. The summed E-state index contributed by atoms with van der Waals surface area (Å²) in [5, 5.41) is 21.6. The van der Waals surface area contributed by atoms with Crippen LogP contribution in [-0.2, 0) is 12.8 Å². The zero-order chi connectivity index (χ0) is 28.8. The highest BCUT2D eigenvalue weighted by atomic mass is 16.3. The number of phenols is 2. The molecule has 0 spiro atoms. The minimum absolute atomic E-state index is 0.203. The highest BCUT2D eigenvalue weighted by Crippen LogP contribution is 2.43. The second-order valence-corrected chi connectivity index (χ2v) is 14.1. The fourth-order valence-electron chi connectivity index (χ4n) is 6.20. The molecule has 0 fully saturated rings. The van der Waals surface area contributed by atoms with Gasteiger partial charge in [0, 0.05) is 5.92 Å². The highest BCUT2D eigenvalue weighted by Gasteiger charge is 2.30. The molecular weight excluding hydrogens is 464 g/mol. The molecule has 0 aromatic heterocycles. The first kappa shape index (κ1) is 32.3. The average molecular weight is 523 g/mol. The number of benzene rings is 2. The summed E-state index contributed by atoms with van der Waals surface area (Å²) in [6, 6.07) is 8.64. The smallest absolute Gasteiger partial charge is 0.118 e. The van der Waals surface area contributed by atoms with Crippen LogP contribution >= 0.6 is 0 Å². The molecule has 0 heterocycles. The van der Waals surface area contributed by atoms with E-state index in [-0.39, 0.29) is 16.7 Å². The van der Waals surface area contributed by atoms with Crippen LogP contribution in [-0.4, -0.2) is 10.2 Å². The first-order valence-electron chi connectivity index (χ1n) is 15.3. The predicted octanol–water partition coefficient (Wildman–Crippen LogP) is 10.7. The first-order valence-corrected chi connectivity index (χ1v) is 15.3. The van der Waals surface area contributed by atoms with Crippen LogP contribution in [0.3, 0.4) is 0 Å². The monoisotopic (exact) mass is 522 g/mol. The van der Waals surface area contributed by atoms with Gasteiger partial charge in [0.1, 0.15) is 11.5 Å². The van der Waals surface area contributed by atoms with Crippen molar-refractivity contribution in [2.45, 2.75) is 133 Å². The summed E-state index contributed by atoms with van der Waals surface area (Å²) in [6.07, 6.45) is 8.80. The van der Waals surface area contributed by atoms with Crippen molar-refractivity contribution in [3.63, 3.8) is 0 Å². The van der Waals surface area contributed by atoms with Crippen LogP contribution in [0.1, 0.15) is 140 Å². The van der Waals surface area contributed by atoms with E-state index in [1.54, 1.807) is 0 Å². The van der Waals surface area contributed by atoms with Crippen molar-refractivity contribution in [3.05, 3.63) is 57.6 Å². The zero-order valence-electron chi connectivity index (χ0n) is 26.6. The van der Waals surface area contributed by atoms with Crippen molar-refractivity contribution in [1.82, 2.24) is 0 Å². The maximum absolute atomic E-state index is 10.8. The van der Waals surface area contributed by atoms with Gasteiger partial charge in [0.15, 0.2) is 0 Å². The third-order valence-corrected chi connectivity index (χ3v) is 8.90. The molecule has 0 bridgehead atoms. The second-order valence-electron chi connectivity index (χ2n) is 14.1. The van der Waals surface area contributed by atoms with E-state index in [2.05, 4.69) is 86.6 Å². The van der Waals surface area contributed by atoms with E-state index < -0.39 is 0 Å². The average Bonchev–Trinajstić information content (AvgIpc) is 2.80. The van der Waals surface area contributed by atoms with Gasteiger partial charge >= 0.3 is 0 Å². The largest absolute Gasteiger partial charge is 0.508 e. The van der Waals surface area contributed by atoms with Crippen molar-refractivity contribution < 1.29 is 10.2 Å². The van der Waals surface area contributed by atoms with Gasteiger partial charge in [0.25, 0.3) is 0 Å². The van der Waals surface area contributed by atoms with Crippen molar-refractivity contribution in [1.29, 1.82) is 0 Å². The van der Waals surface area contributed by atoms with Crippen molar-refractivity contribution in [3.8, 4) is 11.5 Å². The molecule has 2 N–H and O–H groups in total. The summed E-state index contributed by atoms with van der Waals surface area (Å²) in [6.45, 7) is 25.0. The maximum atomic E-state index is 10.8. The van der Waals surface area contributed by atoms with Crippen LogP contribution in [0.5, 0.6) is 11.5 Å². The van der Waals surface area contributed by atoms with E-state index in [4.69, 9.17) is 0 Å². The molecule has 214 valence electrons. The summed E-state index contributed by atoms with van der Waals surface area (Å²) in [5.74, 6) is 2.15. The van der Waals surface area contributed by atoms with Gasteiger partial charge in [0.05, 0.1) is 0 Å². The van der Waals surface area contributed by atoms with Crippen LogP contribution in [0, 0.1) is 36.5 Å². The van der Waals surface area contributed by atoms with E-state index in [0.29, 0.717) is 23.3 Å². The van der Waals surface area contributed by atoms with Crippen molar-refractivity contribution >= 4 is 0 Å². The third-order valence-electron chi connectivity index (χ3n) is 8.90. The molecule has 2 unspecified atom stereocenters. The van der Waals surface area contributed by atoms with Gasteiger partial charge < -0.3 is 10.2 Å². The molecule has 0 amide bonds. The molecule has 2 aromatic rings. The number of aromatic hydroxyl groups is 2. The quantitative estimate of drug-likeness (QED) is 0.291. The highest BCUT2D eigenvalue weighted by molar-refractivity contribution is 5.51. The number of aryl methyl sites for hydroxylation is 2. The lowest BCUT2D eigenvalue weighted by molar-refractivity contribution is 0.221. The van der Waals surface area contributed by atoms with Crippen LogP contribution < -0.4 is 0 Å². The van der Waals surface area contributed by atoms with Gasteiger partial charge in [-0.15, -0.1) is 0 Å². The molecule has 2 rings (SSSR count). The molecule has 2 aromatic carbocycles. The number of hydrogen-bond donors (Lipinski definition) is 2. The van der Waals surface area contributed by atoms with Crippen LogP contribution in [0.4, 0.5) is 0 Å². The maximum Gasteiger partial charge on any atom is 0.118 e. The van der Waals surface area contributed by atoms with Crippen LogP contribution in [0.2, 0.25) is 0 Å². The summed E-state index contributed by atoms with van der Waals surface area (Å²) in [4.78, 5) is 0. The van der Waals surface area contributed by atoms with Gasteiger partial charge in [-0.3, -0.25) is 0 Å². The van der Waals surface area contributed by atoms with Gasteiger partial charge in [-0.25, -0.2) is 0 Å². The molecule has 2 atom stereocenters. The minimum atomic E-state index is 0.203. The van der Waals surface area contributed by atoms with E-state index in [1.807, 2.05) is 13.8 Å². The molecule has 0 saturated carbocycles. The van der Waals surface area contributed by atoms with E-state index in [1.165, 1.54) is 47.9 Å². The standard InChI is InChI=1S/C36H58O2/c1-12-15-28(35(6,7)8)20-26-22-33(37)24(4)18-31(26)30(17-14-3)32-19-25(5)34(38)23-27(32)21-29(16-13-2)36(9,10)11/h18-19,22-23,28-30,37-38H,12-17,20-21H2,1-11H3. The fraction of sp³-hybridized carbons (Fsp3) is 0.667. The zero-order valence-corrected chi connectivity index (χ0v) is 26.6. The Kier molecular flexibility index (Phi) is 11.4. The molecule has 0 aliphatic carbocycles. The normalized spacial score (nSPS) is 14.9. The molecule has 0 aliphatic heterocycles. The topological polar surface area (TPSA) is 40.5 Å². The third kappa shape index (κ3) is 8.27. The Balaban J connectivity index is 2.75. The molecule has 0 aliphatic rings. The number of rotatable bonds is 12. The molecular formula is C36H58O2. The van der Waals surface area contributed by atoms with Gasteiger partial charge in [0.2, 0.25) is 0 Å². The van der Waals surface area contributed by atoms with Gasteiger partial charge in [-0.1, -0.05) is 93.7 Å². The minimum Gasteiger partial charge on any atom is -0.508 e. The van der Waals surface area contributed by atoms with Crippen molar-refractivity contribution in [2.24, 2.45) is 22.7 Å². The lowest BCUT2D eigenvalue weighted by atomic mass is 9.71. The first-order chi connectivity index (χ1) is 17.6. The Labute approximate surface area is 235 Å². The number of hydrogen-bond acceptors (Lipinski definition) is 2. The lowest BCUT2D eigenvalue weighted by Gasteiger charge is -2.34. The molecule has 0 saturated heterocycles. The number of phenolic OH excluding ortho intramolecular Hbond substituents is 2. The molecule has 38 heavy (non-hydrogen) atoms. The molecule has 2 nitrogen and oxygen atoms in total. The second kappa shape index (κ2) is 13.4. The van der Waals surface area contributed by atoms with Crippen molar-refractivity contribution in [2.75, 3.05) is 0 Å². The lowest BCUT2D eigenvalue weighted by Crippen LogP contribution is -2.24. The molecule has 0 radical (unpaired) electrons. The SMILES string of the molecule is CCCC(c1cc(C)c(O)cc1CC(CCC)C(C)(C)C)c1cc(C)c(O)cc1CC(CCC)C(C)(C)C. The van der Waals surface area contributed by atoms with E-state index in [9.17, 15) is 10.2 Å². The Bertz CT molecular complexity index is 953. The Morgan fingerprint density at radius 3 is 1.21 bits per heavy atom. The Morgan fingerprint density at radius 1 is 0.579 bits per heavy atom. The summed E-state index contributed by atoms with van der Waals surface area (Å²) < 4.78 is 0.